The zero-order chi connectivity index (χ0) is 13.8. The van der Waals surface area contributed by atoms with Crippen LogP contribution in [0.5, 0.6) is 0 Å². The van der Waals surface area contributed by atoms with Gasteiger partial charge in [-0.3, -0.25) is 10.2 Å². The van der Waals surface area contributed by atoms with Crippen LogP contribution in [0.15, 0.2) is 28.8 Å². The minimum absolute atomic E-state index is 0.275. The molecule has 19 heavy (non-hydrogen) atoms. The molecule has 3 N–H and O–H groups in total. The molecule has 2 rings (SSSR count). The summed E-state index contributed by atoms with van der Waals surface area (Å²) in [4.78, 5) is 15.5. The Labute approximate surface area is 114 Å². The second-order valence-electron chi connectivity index (χ2n) is 4.14. The number of carbonyl (C=O) groups is 1. The summed E-state index contributed by atoms with van der Waals surface area (Å²) in [6.07, 6.45) is 0.330. The van der Waals surface area contributed by atoms with Crippen molar-refractivity contribution >= 4 is 17.5 Å². The normalized spacial score (nSPS) is 12.2. The molecule has 0 bridgehead atoms. The van der Waals surface area contributed by atoms with E-state index in [1.165, 1.54) is 0 Å². The van der Waals surface area contributed by atoms with Crippen molar-refractivity contribution in [1.82, 2.24) is 15.6 Å². The van der Waals surface area contributed by atoms with E-state index in [0.29, 0.717) is 23.2 Å². The lowest BCUT2D eigenvalue weighted by molar-refractivity contribution is -0.124. The predicted octanol–water partition coefficient (Wildman–Crippen LogP) is 1.56. The number of nitrogens with two attached hydrogens (primary N) is 1. The molecule has 0 spiro atoms. The predicted molar refractivity (Wildman–Crippen MR) is 69.9 cm³/mol. The number of carbonyl (C=O) groups excluding carboxylic acids is 1. The van der Waals surface area contributed by atoms with Gasteiger partial charge in [0, 0.05) is 22.9 Å². The molecule has 0 saturated heterocycles. The summed E-state index contributed by atoms with van der Waals surface area (Å²) in [5.41, 5.74) is 2.85. The first-order valence-electron chi connectivity index (χ1n) is 5.69. The molecule has 7 heteroatoms. The summed E-state index contributed by atoms with van der Waals surface area (Å²) in [5, 5.41) is 4.46. The van der Waals surface area contributed by atoms with Gasteiger partial charge in [0.2, 0.25) is 17.6 Å². The molecule has 0 saturated carbocycles. The van der Waals surface area contributed by atoms with Crippen LogP contribution < -0.4 is 11.3 Å². The van der Waals surface area contributed by atoms with Gasteiger partial charge in [-0.1, -0.05) is 35.8 Å². The van der Waals surface area contributed by atoms with Crippen LogP contribution in [0.1, 0.15) is 12.8 Å². The van der Waals surface area contributed by atoms with E-state index in [0.717, 1.165) is 5.56 Å². The zero-order valence-corrected chi connectivity index (χ0v) is 11.0. The van der Waals surface area contributed by atoms with Crippen LogP contribution in [0.2, 0.25) is 5.02 Å². The van der Waals surface area contributed by atoms with Gasteiger partial charge in [-0.15, -0.1) is 0 Å². The Morgan fingerprint density at radius 3 is 3.05 bits per heavy atom. The molecule has 1 unspecified atom stereocenters. The van der Waals surface area contributed by atoms with Crippen molar-refractivity contribution in [1.29, 1.82) is 0 Å². The second kappa shape index (κ2) is 5.81. The second-order valence-corrected chi connectivity index (χ2v) is 4.57. The summed E-state index contributed by atoms with van der Waals surface area (Å²) in [6.45, 7) is 1.73. The van der Waals surface area contributed by atoms with Crippen molar-refractivity contribution in [2.75, 3.05) is 0 Å². The number of hydrogen-bond acceptors (Lipinski definition) is 5. The van der Waals surface area contributed by atoms with Gasteiger partial charge >= 0.3 is 0 Å². The van der Waals surface area contributed by atoms with Crippen LogP contribution in [0, 0.1) is 5.92 Å². The van der Waals surface area contributed by atoms with Gasteiger partial charge in [-0.2, -0.15) is 4.98 Å². The smallest absolute Gasteiger partial charge is 0.237 e. The molecule has 0 radical (unpaired) electrons. The zero-order valence-electron chi connectivity index (χ0n) is 10.3. The lowest BCUT2D eigenvalue weighted by atomic mass is 10.1. The maximum atomic E-state index is 11.3. The standard InChI is InChI=1S/C12H13ClN4O2/c1-7(12(18)16-14)5-10-15-11(17-19-10)8-3-2-4-9(13)6-8/h2-4,6-7H,5,14H2,1H3,(H,16,18). The number of aromatic nitrogens is 2. The molecule has 100 valence electrons. The van der Waals surface area contributed by atoms with Crippen molar-refractivity contribution in [3.63, 3.8) is 0 Å². The molecule has 1 amide bonds. The number of amides is 1. The third-order valence-corrected chi connectivity index (χ3v) is 2.86. The van der Waals surface area contributed by atoms with Crippen molar-refractivity contribution < 1.29 is 9.32 Å². The molecule has 0 aliphatic carbocycles. The van der Waals surface area contributed by atoms with Crippen LogP contribution in [0.3, 0.4) is 0 Å². The Balaban J connectivity index is 2.13. The van der Waals surface area contributed by atoms with Crippen molar-refractivity contribution in [2.45, 2.75) is 13.3 Å². The highest BCUT2D eigenvalue weighted by Crippen LogP contribution is 2.20. The maximum Gasteiger partial charge on any atom is 0.237 e. The Bertz CT molecular complexity index is 585. The first-order chi connectivity index (χ1) is 9.10. The minimum atomic E-state index is -0.335. The average molecular weight is 281 g/mol. The Hall–Kier alpha value is -1.92. The van der Waals surface area contributed by atoms with Crippen LogP contribution in [-0.2, 0) is 11.2 Å². The fraction of sp³-hybridized carbons (Fsp3) is 0.250. The number of hydrazine groups is 1. The van der Waals surface area contributed by atoms with E-state index in [2.05, 4.69) is 15.6 Å². The Morgan fingerprint density at radius 2 is 2.37 bits per heavy atom. The summed E-state index contributed by atoms with van der Waals surface area (Å²) in [6, 6.07) is 7.14. The number of nitrogens with zero attached hydrogens (tertiary/aromatic N) is 2. The molecule has 1 aromatic heterocycles. The van der Waals surface area contributed by atoms with Gasteiger partial charge in [0.25, 0.3) is 0 Å². The monoisotopic (exact) mass is 280 g/mol. The lowest BCUT2D eigenvalue weighted by Gasteiger charge is -2.05. The summed E-state index contributed by atoms with van der Waals surface area (Å²) >= 11 is 5.89. The molecule has 0 aliphatic rings. The fourth-order valence-corrected chi connectivity index (χ4v) is 1.77. The molecular formula is C12H13ClN4O2. The number of halogens is 1. The lowest BCUT2D eigenvalue weighted by Crippen LogP contribution is -2.35. The highest BCUT2D eigenvalue weighted by atomic mass is 35.5. The van der Waals surface area contributed by atoms with Gasteiger partial charge < -0.3 is 4.52 Å². The topological polar surface area (TPSA) is 94.0 Å². The van der Waals surface area contributed by atoms with Crippen LogP contribution in [-0.4, -0.2) is 16.0 Å². The number of benzene rings is 1. The van der Waals surface area contributed by atoms with Gasteiger partial charge in [0.05, 0.1) is 0 Å². The first kappa shape index (κ1) is 13.5. The quantitative estimate of drug-likeness (QED) is 0.503. The van der Waals surface area contributed by atoms with Crippen LogP contribution in [0.4, 0.5) is 0 Å². The fourth-order valence-electron chi connectivity index (χ4n) is 1.58. The third-order valence-electron chi connectivity index (χ3n) is 2.62. The summed E-state index contributed by atoms with van der Waals surface area (Å²) < 4.78 is 5.10. The third kappa shape index (κ3) is 3.30. The van der Waals surface area contributed by atoms with Crippen molar-refractivity contribution in [2.24, 2.45) is 11.8 Å². The molecule has 0 aliphatic heterocycles. The maximum absolute atomic E-state index is 11.3. The van der Waals surface area contributed by atoms with Crippen LogP contribution >= 0.6 is 11.6 Å². The number of nitrogens with one attached hydrogen (secondary N) is 1. The molecular weight excluding hydrogens is 268 g/mol. The summed E-state index contributed by atoms with van der Waals surface area (Å²) in [7, 11) is 0. The molecule has 2 aromatic rings. The highest BCUT2D eigenvalue weighted by molar-refractivity contribution is 6.30. The van der Waals surface area contributed by atoms with Crippen molar-refractivity contribution in [3.8, 4) is 11.4 Å². The van der Waals surface area contributed by atoms with E-state index in [4.69, 9.17) is 22.0 Å². The molecule has 1 aromatic carbocycles. The Morgan fingerprint density at radius 1 is 1.58 bits per heavy atom. The van der Waals surface area contributed by atoms with E-state index >= 15 is 0 Å². The average Bonchev–Trinajstić information content (AvgIpc) is 2.86. The molecule has 1 heterocycles. The van der Waals surface area contributed by atoms with Crippen molar-refractivity contribution in [3.05, 3.63) is 35.2 Å². The molecule has 6 nitrogen and oxygen atoms in total. The van der Waals surface area contributed by atoms with E-state index < -0.39 is 0 Å². The van der Waals surface area contributed by atoms with E-state index in [1.54, 1.807) is 25.1 Å². The SMILES string of the molecule is CC(Cc1nc(-c2cccc(Cl)c2)no1)C(=O)NN. The van der Waals surface area contributed by atoms with Gasteiger partial charge in [-0.25, -0.2) is 5.84 Å². The Kier molecular flexibility index (Phi) is 4.13. The van der Waals surface area contributed by atoms with Gasteiger partial charge in [-0.05, 0) is 12.1 Å². The molecule has 1 atom stereocenters. The highest BCUT2D eigenvalue weighted by Gasteiger charge is 2.17. The van der Waals surface area contributed by atoms with Crippen LogP contribution in [0.25, 0.3) is 11.4 Å². The van der Waals surface area contributed by atoms with Gasteiger partial charge in [0.1, 0.15) is 0 Å². The van der Waals surface area contributed by atoms with Gasteiger partial charge in [0.15, 0.2) is 0 Å². The summed E-state index contributed by atoms with van der Waals surface area (Å²) in [5.74, 6) is 5.27. The van der Waals surface area contributed by atoms with E-state index in [1.807, 2.05) is 6.07 Å². The van der Waals surface area contributed by atoms with E-state index in [-0.39, 0.29) is 11.8 Å². The van der Waals surface area contributed by atoms with E-state index in [9.17, 15) is 4.79 Å². The first-order valence-corrected chi connectivity index (χ1v) is 6.07. The number of hydrogen-bond donors (Lipinski definition) is 2. The number of rotatable bonds is 4. The largest absolute Gasteiger partial charge is 0.339 e. The molecule has 0 fully saturated rings. The minimum Gasteiger partial charge on any atom is -0.339 e.